The van der Waals surface area contributed by atoms with E-state index < -0.39 is 0 Å². The SMILES string of the molecule is C=CCNc1ccccc1C(=O)NCC. The van der Waals surface area contributed by atoms with E-state index in [1.165, 1.54) is 0 Å². The lowest BCUT2D eigenvalue weighted by atomic mass is 10.1. The number of benzene rings is 1. The monoisotopic (exact) mass is 204 g/mol. The van der Waals surface area contributed by atoms with Crippen LogP contribution >= 0.6 is 0 Å². The minimum Gasteiger partial charge on any atom is -0.381 e. The summed E-state index contributed by atoms with van der Waals surface area (Å²) in [6.45, 7) is 6.81. The van der Waals surface area contributed by atoms with Gasteiger partial charge in [-0.25, -0.2) is 0 Å². The minimum atomic E-state index is -0.0512. The zero-order valence-electron chi connectivity index (χ0n) is 8.92. The van der Waals surface area contributed by atoms with E-state index in [0.717, 1.165) is 5.69 Å². The third-order valence-corrected chi connectivity index (χ3v) is 1.95. The Hall–Kier alpha value is -1.77. The van der Waals surface area contributed by atoms with Crippen LogP contribution in [0.5, 0.6) is 0 Å². The highest BCUT2D eigenvalue weighted by atomic mass is 16.1. The summed E-state index contributed by atoms with van der Waals surface area (Å²) in [5.74, 6) is -0.0512. The third-order valence-electron chi connectivity index (χ3n) is 1.95. The van der Waals surface area contributed by atoms with Crippen molar-refractivity contribution in [1.82, 2.24) is 5.32 Å². The van der Waals surface area contributed by atoms with Gasteiger partial charge in [0.15, 0.2) is 0 Å². The van der Waals surface area contributed by atoms with Crippen molar-refractivity contribution in [2.24, 2.45) is 0 Å². The maximum atomic E-state index is 11.7. The molecule has 3 heteroatoms. The number of anilines is 1. The fourth-order valence-electron chi connectivity index (χ4n) is 1.27. The molecule has 0 radical (unpaired) electrons. The van der Waals surface area contributed by atoms with Gasteiger partial charge in [0.25, 0.3) is 5.91 Å². The molecule has 0 atom stereocenters. The molecule has 0 heterocycles. The summed E-state index contributed by atoms with van der Waals surface area (Å²) in [6.07, 6.45) is 1.76. The van der Waals surface area contributed by atoms with Crippen LogP contribution in [0.25, 0.3) is 0 Å². The fraction of sp³-hybridized carbons (Fsp3) is 0.250. The highest BCUT2D eigenvalue weighted by molar-refractivity contribution is 5.99. The fourth-order valence-corrected chi connectivity index (χ4v) is 1.27. The van der Waals surface area contributed by atoms with Gasteiger partial charge in [0.1, 0.15) is 0 Å². The summed E-state index contributed by atoms with van der Waals surface area (Å²) in [5, 5.41) is 5.90. The van der Waals surface area contributed by atoms with Crippen molar-refractivity contribution in [1.29, 1.82) is 0 Å². The summed E-state index contributed by atoms with van der Waals surface area (Å²) in [6, 6.07) is 7.43. The molecule has 2 N–H and O–H groups in total. The first-order chi connectivity index (χ1) is 7.29. The first kappa shape index (κ1) is 11.3. The van der Waals surface area contributed by atoms with Crippen LogP contribution in [0.4, 0.5) is 5.69 Å². The molecule has 3 nitrogen and oxygen atoms in total. The van der Waals surface area contributed by atoms with Crippen LogP contribution < -0.4 is 10.6 Å². The Morgan fingerprint density at radius 1 is 1.47 bits per heavy atom. The van der Waals surface area contributed by atoms with Crippen LogP contribution in [0.3, 0.4) is 0 Å². The summed E-state index contributed by atoms with van der Waals surface area (Å²) < 4.78 is 0. The zero-order chi connectivity index (χ0) is 11.1. The van der Waals surface area contributed by atoms with Gasteiger partial charge < -0.3 is 10.6 Å². The van der Waals surface area contributed by atoms with Crippen molar-refractivity contribution >= 4 is 11.6 Å². The van der Waals surface area contributed by atoms with E-state index >= 15 is 0 Å². The Bertz CT molecular complexity index is 347. The molecule has 0 aromatic heterocycles. The lowest BCUT2D eigenvalue weighted by molar-refractivity contribution is 0.0956. The molecular formula is C12H16N2O. The Morgan fingerprint density at radius 3 is 2.87 bits per heavy atom. The van der Waals surface area contributed by atoms with E-state index in [-0.39, 0.29) is 5.91 Å². The molecule has 0 bridgehead atoms. The van der Waals surface area contributed by atoms with Gasteiger partial charge in [0.2, 0.25) is 0 Å². The Kier molecular flexibility index (Phi) is 4.41. The highest BCUT2D eigenvalue weighted by Gasteiger charge is 2.08. The smallest absolute Gasteiger partial charge is 0.253 e. The van der Waals surface area contributed by atoms with Crippen LogP contribution in [0, 0.1) is 0 Å². The van der Waals surface area contributed by atoms with E-state index in [0.29, 0.717) is 18.7 Å². The molecule has 0 fully saturated rings. The van der Waals surface area contributed by atoms with Gasteiger partial charge in [-0.15, -0.1) is 6.58 Å². The number of nitrogens with one attached hydrogen (secondary N) is 2. The van der Waals surface area contributed by atoms with E-state index in [1.54, 1.807) is 12.1 Å². The average Bonchev–Trinajstić information content (AvgIpc) is 2.27. The molecule has 80 valence electrons. The van der Waals surface area contributed by atoms with Gasteiger partial charge in [-0.05, 0) is 19.1 Å². The topological polar surface area (TPSA) is 41.1 Å². The third kappa shape index (κ3) is 3.13. The molecule has 1 amide bonds. The normalized spacial score (nSPS) is 9.40. The first-order valence-corrected chi connectivity index (χ1v) is 5.01. The molecular weight excluding hydrogens is 188 g/mol. The van der Waals surface area contributed by atoms with E-state index in [9.17, 15) is 4.79 Å². The first-order valence-electron chi connectivity index (χ1n) is 5.01. The minimum absolute atomic E-state index is 0.0512. The molecule has 0 aliphatic heterocycles. The van der Waals surface area contributed by atoms with Crippen LogP contribution in [0.2, 0.25) is 0 Å². The van der Waals surface area contributed by atoms with Gasteiger partial charge in [-0.2, -0.15) is 0 Å². The second-order valence-corrected chi connectivity index (χ2v) is 3.07. The lowest BCUT2D eigenvalue weighted by Gasteiger charge is -2.09. The molecule has 1 rings (SSSR count). The molecule has 0 saturated carbocycles. The van der Waals surface area contributed by atoms with Crippen LogP contribution in [0.15, 0.2) is 36.9 Å². The maximum Gasteiger partial charge on any atom is 0.253 e. The lowest BCUT2D eigenvalue weighted by Crippen LogP contribution is -2.23. The predicted octanol–water partition coefficient (Wildman–Crippen LogP) is 2.03. The standard InChI is InChI=1S/C12H16N2O/c1-3-9-14-11-8-6-5-7-10(11)12(15)13-4-2/h3,5-8,14H,1,4,9H2,2H3,(H,13,15). The van der Waals surface area contributed by atoms with Gasteiger partial charge in [0.05, 0.1) is 5.56 Å². The number of hydrogen-bond donors (Lipinski definition) is 2. The van der Waals surface area contributed by atoms with Crippen LogP contribution in [-0.2, 0) is 0 Å². The largest absolute Gasteiger partial charge is 0.381 e. The molecule has 0 spiro atoms. The van der Waals surface area contributed by atoms with Crippen molar-refractivity contribution in [2.45, 2.75) is 6.92 Å². The van der Waals surface area contributed by atoms with Gasteiger partial charge >= 0.3 is 0 Å². The molecule has 0 aliphatic rings. The summed E-state index contributed by atoms with van der Waals surface area (Å²) in [4.78, 5) is 11.7. The van der Waals surface area contributed by atoms with Crippen LogP contribution in [-0.4, -0.2) is 19.0 Å². The Morgan fingerprint density at radius 2 is 2.20 bits per heavy atom. The van der Waals surface area contributed by atoms with Crippen molar-refractivity contribution < 1.29 is 4.79 Å². The molecule has 1 aromatic rings. The Labute approximate surface area is 90.2 Å². The number of rotatable bonds is 5. The number of carbonyl (C=O) groups excluding carboxylic acids is 1. The molecule has 0 unspecified atom stereocenters. The van der Waals surface area contributed by atoms with Crippen molar-refractivity contribution in [2.75, 3.05) is 18.4 Å². The second kappa shape index (κ2) is 5.86. The van der Waals surface area contributed by atoms with Crippen LogP contribution in [0.1, 0.15) is 17.3 Å². The van der Waals surface area contributed by atoms with Gasteiger partial charge in [0, 0.05) is 18.8 Å². The van der Waals surface area contributed by atoms with Crippen molar-refractivity contribution in [3.8, 4) is 0 Å². The van der Waals surface area contributed by atoms with Gasteiger partial charge in [-0.3, -0.25) is 4.79 Å². The quantitative estimate of drug-likeness (QED) is 0.720. The predicted molar refractivity (Wildman–Crippen MR) is 63.1 cm³/mol. The zero-order valence-corrected chi connectivity index (χ0v) is 8.92. The highest BCUT2D eigenvalue weighted by Crippen LogP contribution is 2.14. The Balaban J connectivity index is 2.85. The number of hydrogen-bond acceptors (Lipinski definition) is 2. The molecule has 0 saturated heterocycles. The van der Waals surface area contributed by atoms with Crippen molar-refractivity contribution in [3.05, 3.63) is 42.5 Å². The second-order valence-electron chi connectivity index (χ2n) is 3.07. The summed E-state index contributed by atoms with van der Waals surface area (Å²) >= 11 is 0. The van der Waals surface area contributed by atoms with Gasteiger partial charge in [-0.1, -0.05) is 18.2 Å². The summed E-state index contributed by atoms with van der Waals surface area (Å²) in [7, 11) is 0. The van der Waals surface area contributed by atoms with Crippen molar-refractivity contribution in [3.63, 3.8) is 0 Å². The number of carbonyl (C=O) groups is 1. The maximum absolute atomic E-state index is 11.7. The van der Waals surface area contributed by atoms with E-state index in [1.807, 2.05) is 25.1 Å². The average molecular weight is 204 g/mol. The van der Waals surface area contributed by atoms with E-state index in [4.69, 9.17) is 0 Å². The number of para-hydroxylation sites is 1. The molecule has 15 heavy (non-hydrogen) atoms. The number of amides is 1. The van der Waals surface area contributed by atoms with E-state index in [2.05, 4.69) is 17.2 Å². The molecule has 0 aliphatic carbocycles. The molecule has 1 aromatic carbocycles. The summed E-state index contributed by atoms with van der Waals surface area (Å²) in [5.41, 5.74) is 1.50.